The van der Waals surface area contributed by atoms with Crippen LogP contribution in [0.3, 0.4) is 0 Å². The highest BCUT2D eigenvalue weighted by molar-refractivity contribution is 5.80. The summed E-state index contributed by atoms with van der Waals surface area (Å²) in [6.45, 7) is 13.5. The van der Waals surface area contributed by atoms with Crippen molar-refractivity contribution in [1.29, 1.82) is 5.26 Å². The molecule has 0 aliphatic carbocycles. The maximum Gasteiger partial charge on any atom is 0.150 e. The van der Waals surface area contributed by atoms with Gasteiger partial charge in [-0.15, -0.1) is 6.58 Å². The highest BCUT2D eigenvalue weighted by Crippen LogP contribution is 2.37. The fraction of sp³-hybridized carbons (Fsp3) is 0.357. The van der Waals surface area contributed by atoms with Gasteiger partial charge in [0.1, 0.15) is 6.29 Å². The summed E-state index contributed by atoms with van der Waals surface area (Å²) in [5.74, 6) is 0. The van der Waals surface area contributed by atoms with E-state index >= 15 is 0 Å². The van der Waals surface area contributed by atoms with Crippen molar-refractivity contribution in [3.63, 3.8) is 0 Å². The molecule has 4 rings (SSSR count). The zero-order valence-corrected chi connectivity index (χ0v) is 19.9. The van der Waals surface area contributed by atoms with E-state index in [2.05, 4.69) is 41.2 Å². The topological polar surface area (TPSA) is 47.3 Å². The minimum Gasteiger partial charge on any atom is -0.368 e. The number of rotatable bonds is 3. The number of nitriles is 1. The quantitative estimate of drug-likeness (QED) is 0.470. The number of aldehydes is 1. The van der Waals surface area contributed by atoms with Crippen LogP contribution in [0.1, 0.15) is 57.9 Å². The first-order valence-electron chi connectivity index (χ1n) is 11.1. The maximum atomic E-state index is 11.0. The molecule has 1 saturated heterocycles. The van der Waals surface area contributed by atoms with Crippen molar-refractivity contribution in [2.45, 2.75) is 45.7 Å². The molecule has 2 heterocycles. The molecule has 0 aromatic heterocycles. The number of allylic oxidation sites excluding steroid dienone is 1. The average molecular weight is 430 g/mol. The second kappa shape index (κ2) is 12.0. The number of carbonyl (C=O) groups excluding carboxylic acids is 1. The Labute approximate surface area is 193 Å². The maximum absolute atomic E-state index is 11.0. The molecule has 4 nitrogen and oxygen atoms in total. The summed E-state index contributed by atoms with van der Waals surface area (Å²) in [4.78, 5) is 15.5. The van der Waals surface area contributed by atoms with E-state index < -0.39 is 0 Å². The van der Waals surface area contributed by atoms with Crippen LogP contribution >= 0.6 is 0 Å². The Morgan fingerprint density at radius 2 is 2.00 bits per heavy atom. The third-order valence-electron chi connectivity index (χ3n) is 5.66. The molecule has 32 heavy (non-hydrogen) atoms. The fourth-order valence-electron chi connectivity index (χ4n) is 4.25. The van der Waals surface area contributed by atoms with E-state index in [9.17, 15) is 4.79 Å². The van der Waals surface area contributed by atoms with Gasteiger partial charge in [-0.25, -0.2) is 0 Å². The van der Waals surface area contributed by atoms with E-state index in [1.807, 2.05) is 52.2 Å². The Balaban J connectivity index is 0.000000213. The van der Waals surface area contributed by atoms with Crippen LogP contribution in [0.25, 0.3) is 5.70 Å². The molecule has 0 spiro atoms. The molecule has 1 atom stereocenters. The second-order valence-electron chi connectivity index (χ2n) is 8.58. The summed E-state index contributed by atoms with van der Waals surface area (Å²) in [5, 5.41) is 8.63. The van der Waals surface area contributed by atoms with E-state index in [0.29, 0.717) is 6.04 Å². The summed E-state index contributed by atoms with van der Waals surface area (Å²) in [6, 6.07) is 14.6. The van der Waals surface area contributed by atoms with Gasteiger partial charge in [0.15, 0.2) is 0 Å². The predicted octanol–water partition coefficient (Wildman–Crippen LogP) is 5.61. The van der Waals surface area contributed by atoms with Crippen LogP contribution < -0.4 is 0 Å². The first kappa shape index (κ1) is 25.1. The molecule has 0 N–H and O–H groups in total. The Morgan fingerprint density at radius 1 is 1.28 bits per heavy atom. The van der Waals surface area contributed by atoms with Gasteiger partial charge in [-0.2, -0.15) is 5.26 Å². The highest BCUT2D eigenvalue weighted by atomic mass is 16.1. The largest absolute Gasteiger partial charge is 0.368 e. The zero-order chi connectivity index (χ0) is 23.7. The SMILES string of the molecule is C=C1c2cc(C)c(C=O)cc2CC2CCCN12.C=CC.CN(C)Cc1cccc(C#N)c1. The lowest BCUT2D eigenvalue weighted by molar-refractivity contribution is 0.112. The molecule has 2 aromatic rings. The molecule has 4 heteroatoms. The van der Waals surface area contributed by atoms with Crippen LogP contribution in [0.4, 0.5) is 0 Å². The van der Waals surface area contributed by atoms with Crippen LogP contribution in [0.5, 0.6) is 0 Å². The number of hydrogen-bond donors (Lipinski definition) is 0. The Hall–Kier alpha value is -3.16. The van der Waals surface area contributed by atoms with Gasteiger partial charge in [0, 0.05) is 36.0 Å². The first-order valence-corrected chi connectivity index (χ1v) is 11.1. The fourth-order valence-corrected chi connectivity index (χ4v) is 4.25. The van der Waals surface area contributed by atoms with Crippen molar-refractivity contribution in [2.24, 2.45) is 0 Å². The van der Waals surface area contributed by atoms with Gasteiger partial charge in [-0.3, -0.25) is 4.79 Å². The van der Waals surface area contributed by atoms with E-state index in [1.165, 1.54) is 29.5 Å². The monoisotopic (exact) mass is 429 g/mol. The zero-order valence-electron chi connectivity index (χ0n) is 19.9. The minimum absolute atomic E-state index is 0.609. The van der Waals surface area contributed by atoms with Crippen LogP contribution in [0.2, 0.25) is 0 Å². The molecular formula is C28H35N3O. The van der Waals surface area contributed by atoms with E-state index in [-0.39, 0.29) is 0 Å². The molecule has 1 unspecified atom stereocenters. The predicted molar refractivity (Wildman–Crippen MR) is 133 cm³/mol. The van der Waals surface area contributed by atoms with Crippen LogP contribution in [0, 0.1) is 18.3 Å². The molecule has 0 radical (unpaired) electrons. The third-order valence-corrected chi connectivity index (χ3v) is 5.66. The van der Waals surface area contributed by atoms with Gasteiger partial charge in [-0.05, 0) is 88.2 Å². The van der Waals surface area contributed by atoms with Gasteiger partial charge in [0.25, 0.3) is 0 Å². The summed E-state index contributed by atoms with van der Waals surface area (Å²) < 4.78 is 0. The number of hydrogen-bond acceptors (Lipinski definition) is 4. The lowest BCUT2D eigenvalue weighted by atomic mass is 9.89. The summed E-state index contributed by atoms with van der Waals surface area (Å²) in [5.41, 5.74) is 7.47. The molecular weight excluding hydrogens is 394 g/mol. The summed E-state index contributed by atoms with van der Waals surface area (Å²) in [7, 11) is 4.03. The van der Waals surface area contributed by atoms with E-state index in [4.69, 9.17) is 5.26 Å². The van der Waals surface area contributed by atoms with Gasteiger partial charge >= 0.3 is 0 Å². The van der Waals surface area contributed by atoms with Crippen molar-refractivity contribution in [2.75, 3.05) is 20.6 Å². The standard InChI is InChI=1S/C15H17NO.C10H12N2.C3H6/c1-10-6-15-11(2)16-5-3-4-14(16)8-12(15)7-13(10)9-17;1-12(2)8-10-5-3-4-9(6-10)7-11;1-3-2/h6-7,9,14H,2-5,8H2,1H3;3-6H,8H2,1-2H3;3H,1H2,2H3. The van der Waals surface area contributed by atoms with Crippen LogP contribution in [0.15, 0.2) is 55.6 Å². The lowest BCUT2D eigenvalue weighted by Gasteiger charge is -2.35. The van der Waals surface area contributed by atoms with Crippen molar-refractivity contribution in [3.8, 4) is 6.07 Å². The van der Waals surface area contributed by atoms with Gasteiger partial charge in [-0.1, -0.05) is 24.8 Å². The average Bonchev–Trinajstić information content (AvgIpc) is 3.24. The smallest absolute Gasteiger partial charge is 0.150 e. The number of nitrogens with zero attached hydrogens (tertiary/aromatic N) is 3. The number of carbonyl (C=O) groups is 1. The Kier molecular flexibility index (Phi) is 9.43. The molecule has 2 aromatic carbocycles. The summed E-state index contributed by atoms with van der Waals surface area (Å²) in [6.07, 6.45) is 6.29. The molecule has 168 valence electrons. The Morgan fingerprint density at radius 3 is 2.62 bits per heavy atom. The van der Waals surface area contributed by atoms with Crippen molar-refractivity contribution in [3.05, 3.63) is 89.0 Å². The van der Waals surface area contributed by atoms with E-state index in [1.54, 1.807) is 6.08 Å². The molecule has 2 aliphatic heterocycles. The van der Waals surface area contributed by atoms with Gasteiger partial charge in [0.05, 0.1) is 11.6 Å². The molecule has 1 fully saturated rings. The summed E-state index contributed by atoms with van der Waals surface area (Å²) >= 11 is 0. The third kappa shape index (κ3) is 6.42. The Bertz CT molecular complexity index is 1000. The van der Waals surface area contributed by atoms with Crippen LogP contribution in [-0.2, 0) is 13.0 Å². The molecule has 0 amide bonds. The van der Waals surface area contributed by atoms with Crippen LogP contribution in [-0.4, -0.2) is 42.8 Å². The molecule has 2 aliphatic rings. The highest BCUT2D eigenvalue weighted by Gasteiger charge is 2.32. The van der Waals surface area contributed by atoms with Crippen molar-refractivity contribution in [1.82, 2.24) is 9.80 Å². The number of fused-ring (bicyclic) bond motifs is 2. The van der Waals surface area contributed by atoms with Crippen molar-refractivity contribution >= 4 is 12.0 Å². The van der Waals surface area contributed by atoms with Gasteiger partial charge < -0.3 is 9.80 Å². The van der Waals surface area contributed by atoms with Gasteiger partial charge in [0.2, 0.25) is 0 Å². The second-order valence-corrected chi connectivity index (χ2v) is 8.58. The molecule has 0 bridgehead atoms. The van der Waals surface area contributed by atoms with E-state index in [0.717, 1.165) is 48.2 Å². The minimum atomic E-state index is 0.609. The lowest BCUT2D eigenvalue weighted by Crippen LogP contribution is -2.34. The normalized spacial score (nSPS) is 15.9. The number of benzene rings is 2. The first-order chi connectivity index (χ1) is 15.3. The van der Waals surface area contributed by atoms with Crippen molar-refractivity contribution < 1.29 is 4.79 Å². The molecule has 0 saturated carbocycles. The number of aryl methyl sites for hydroxylation is 1.